The largest absolute Gasteiger partial charge is 0.448 e. The second kappa shape index (κ2) is 6.04. The Labute approximate surface area is 96.0 Å². The minimum Gasteiger partial charge on any atom is -0.448 e. The Kier molecular flexibility index (Phi) is 4.64. The quantitative estimate of drug-likeness (QED) is 0.857. The minimum absolute atomic E-state index is 0.322. The van der Waals surface area contributed by atoms with Gasteiger partial charge in [0.1, 0.15) is 6.61 Å². The molecule has 1 amide bonds. The van der Waals surface area contributed by atoms with E-state index in [0.29, 0.717) is 23.2 Å². The molecule has 0 aliphatic rings. The van der Waals surface area contributed by atoms with Gasteiger partial charge in [-0.1, -0.05) is 15.9 Å². The molecule has 0 aliphatic heterocycles. The van der Waals surface area contributed by atoms with E-state index < -0.39 is 6.09 Å². The van der Waals surface area contributed by atoms with Gasteiger partial charge in [-0.3, -0.25) is 5.32 Å². The highest BCUT2D eigenvalue weighted by Crippen LogP contribution is 2.08. The van der Waals surface area contributed by atoms with Crippen molar-refractivity contribution in [1.82, 2.24) is 0 Å². The highest BCUT2D eigenvalue weighted by molar-refractivity contribution is 9.09. The van der Waals surface area contributed by atoms with E-state index >= 15 is 0 Å². The van der Waals surface area contributed by atoms with Crippen molar-refractivity contribution in [3.8, 4) is 6.07 Å². The lowest BCUT2D eigenvalue weighted by Gasteiger charge is -2.05. The van der Waals surface area contributed by atoms with Gasteiger partial charge in [0.15, 0.2) is 0 Å². The molecule has 1 aromatic rings. The number of halogens is 1. The molecule has 0 atom stereocenters. The molecule has 0 saturated heterocycles. The van der Waals surface area contributed by atoms with Crippen LogP contribution in [0.3, 0.4) is 0 Å². The molecule has 1 N–H and O–H groups in total. The van der Waals surface area contributed by atoms with Gasteiger partial charge in [-0.2, -0.15) is 5.26 Å². The molecule has 5 heteroatoms. The summed E-state index contributed by atoms with van der Waals surface area (Å²) in [5, 5.41) is 11.7. The molecule has 0 fully saturated rings. The zero-order valence-corrected chi connectivity index (χ0v) is 9.45. The fraction of sp³-hybridized carbons (Fsp3) is 0.200. The standard InChI is InChI=1S/C10H9BrN2O2/c11-5-6-15-10(14)13-9-3-1-8(7-12)2-4-9/h1-4H,5-6H2,(H,13,14). The number of carbonyl (C=O) groups excluding carboxylic acids is 1. The maximum Gasteiger partial charge on any atom is 0.411 e. The fourth-order valence-electron chi connectivity index (χ4n) is 0.913. The Morgan fingerprint density at radius 3 is 2.67 bits per heavy atom. The topological polar surface area (TPSA) is 62.1 Å². The first-order valence-corrected chi connectivity index (χ1v) is 5.38. The van der Waals surface area contributed by atoms with Crippen molar-refractivity contribution >= 4 is 27.7 Å². The van der Waals surface area contributed by atoms with Crippen molar-refractivity contribution in [3.63, 3.8) is 0 Å². The maximum atomic E-state index is 11.1. The highest BCUT2D eigenvalue weighted by atomic mass is 79.9. The third kappa shape index (κ3) is 4.00. The van der Waals surface area contributed by atoms with E-state index in [1.807, 2.05) is 6.07 Å². The predicted octanol–water partition coefficient (Wildman–Crippen LogP) is 2.50. The number of benzene rings is 1. The average molecular weight is 269 g/mol. The number of alkyl halides is 1. The summed E-state index contributed by atoms with van der Waals surface area (Å²) in [6.45, 7) is 0.322. The third-order valence-electron chi connectivity index (χ3n) is 1.57. The smallest absolute Gasteiger partial charge is 0.411 e. The Morgan fingerprint density at radius 2 is 2.13 bits per heavy atom. The van der Waals surface area contributed by atoms with E-state index in [9.17, 15) is 4.79 Å². The van der Waals surface area contributed by atoms with Gasteiger partial charge < -0.3 is 4.74 Å². The van der Waals surface area contributed by atoms with Gasteiger partial charge in [0.05, 0.1) is 11.6 Å². The third-order valence-corrected chi connectivity index (χ3v) is 1.89. The SMILES string of the molecule is N#Cc1ccc(NC(=O)OCCBr)cc1. The first-order valence-electron chi connectivity index (χ1n) is 4.26. The van der Waals surface area contributed by atoms with Gasteiger partial charge in [-0.05, 0) is 24.3 Å². The molecule has 0 aliphatic carbocycles. The number of carbonyl (C=O) groups is 1. The number of hydrogen-bond acceptors (Lipinski definition) is 3. The molecular formula is C10H9BrN2O2. The van der Waals surface area contributed by atoms with Gasteiger partial charge in [0.2, 0.25) is 0 Å². The van der Waals surface area contributed by atoms with Crippen LogP contribution in [0, 0.1) is 11.3 Å². The van der Waals surface area contributed by atoms with Crippen molar-refractivity contribution < 1.29 is 9.53 Å². The van der Waals surface area contributed by atoms with Crippen molar-refractivity contribution in [3.05, 3.63) is 29.8 Å². The molecule has 15 heavy (non-hydrogen) atoms. The lowest BCUT2D eigenvalue weighted by Crippen LogP contribution is -2.14. The molecule has 0 saturated carbocycles. The lowest BCUT2D eigenvalue weighted by atomic mass is 10.2. The lowest BCUT2D eigenvalue weighted by molar-refractivity contribution is 0.169. The van der Waals surface area contributed by atoms with Gasteiger partial charge in [-0.15, -0.1) is 0 Å². The number of rotatable bonds is 3. The summed E-state index contributed by atoms with van der Waals surface area (Å²) in [6, 6.07) is 8.54. The number of anilines is 1. The zero-order valence-electron chi connectivity index (χ0n) is 7.87. The van der Waals surface area contributed by atoms with Crippen LogP contribution in [0.25, 0.3) is 0 Å². The molecule has 0 bridgehead atoms. The summed E-state index contributed by atoms with van der Waals surface area (Å²) >= 11 is 3.14. The summed E-state index contributed by atoms with van der Waals surface area (Å²) in [6.07, 6.45) is -0.501. The minimum atomic E-state index is -0.501. The molecule has 1 aromatic carbocycles. The predicted molar refractivity (Wildman–Crippen MR) is 59.9 cm³/mol. The second-order valence-corrected chi connectivity index (χ2v) is 3.43. The first kappa shape index (κ1) is 11.5. The Morgan fingerprint density at radius 1 is 1.47 bits per heavy atom. The summed E-state index contributed by atoms with van der Waals surface area (Å²) < 4.78 is 4.79. The maximum absolute atomic E-state index is 11.1. The molecular weight excluding hydrogens is 260 g/mol. The zero-order chi connectivity index (χ0) is 11.1. The van der Waals surface area contributed by atoms with E-state index in [1.165, 1.54) is 0 Å². The summed E-state index contributed by atoms with van der Waals surface area (Å²) in [5.74, 6) is 0. The number of amides is 1. The van der Waals surface area contributed by atoms with E-state index in [0.717, 1.165) is 0 Å². The normalized spacial score (nSPS) is 9.07. The molecule has 0 heterocycles. The van der Waals surface area contributed by atoms with Crippen LogP contribution in [0.4, 0.5) is 10.5 Å². The molecule has 78 valence electrons. The fourth-order valence-corrected chi connectivity index (χ4v) is 1.08. The number of hydrogen-bond donors (Lipinski definition) is 1. The summed E-state index contributed by atoms with van der Waals surface area (Å²) in [7, 11) is 0. The van der Waals surface area contributed by atoms with Crippen LogP contribution in [0.15, 0.2) is 24.3 Å². The Bertz CT molecular complexity index is 370. The summed E-state index contributed by atoms with van der Waals surface area (Å²) in [4.78, 5) is 11.1. The number of nitrogens with zero attached hydrogens (tertiary/aromatic N) is 1. The highest BCUT2D eigenvalue weighted by Gasteiger charge is 2.01. The van der Waals surface area contributed by atoms with E-state index in [4.69, 9.17) is 10.00 Å². The second-order valence-electron chi connectivity index (χ2n) is 2.64. The van der Waals surface area contributed by atoms with Gasteiger partial charge in [-0.25, -0.2) is 4.79 Å². The monoisotopic (exact) mass is 268 g/mol. The van der Waals surface area contributed by atoms with Crippen LogP contribution in [-0.2, 0) is 4.74 Å². The molecule has 1 rings (SSSR count). The van der Waals surface area contributed by atoms with Crippen LogP contribution in [0.5, 0.6) is 0 Å². The molecule has 4 nitrogen and oxygen atoms in total. The van der Waals surface area contributed by atoms with Crippen molar-refractivity contribution in [2.24, 2.45) is 0 Å². The van der Waals surface area contributed by atoms with Crippen LogP contribution in [-0.4, -0.2) is 18.0 Å². The van der Waals surface area contributed by atoms with Gasteiger partial charge in [0, 0.05) is 11.0 Å². The molecule has 0 unspecified atom stereocenters. The summed E-state index contributed by atoms with van der Waals surface area (Å²) in [5.41, 5.74) is 1.16. The number of ether oxygens (including phenoxy) is 1. The number of nitriles is 1. The van der Waals surface area contributed by atoms with E-state index in [-0.39, 0.29) is 0 Å². The van der Waals surface area contributed by atoms with E-state index in [1.54, 1.807) is 24.3 Å². The van der Waals surface area contributed by atoms with Crippen molar-refractivity contribution in [1.29, 1.82) is 5.26 Å². The van der Waals surface area contributed by atoms with E-state index in [2.05, 4.69) is 21.2 Å². The molecule has 0 radical (unpaired) electrons. The Balaban J connectivity index is 2.50. The number of nitrogens with one attached hydrogen (secondary N) is 1. The van der Waals surface area contributed by atoms with Gasteiger partial charge >= 0.3 is 6.09 Å². The van der Waals surface area contributed by atoms with Crippen molar-refractivity contribution in [2.45, 2.75) is 0 Å². The molecule has 0 aromatic heterocycles. The van der Waals surface area contributed by atoms with Crippen LogP contribution >= 0.6 is 15.9 Å². The first-order chi connectivity index (χ1) is 7.26. The average Bonchev–Trinajstić information content (AvgIpc) is 2.27. The molecule has 0 spiro atoms. The Hall–Kier alpha value is -1.54. The van der Waals surface area contributed by atoms with Crippen LogP contribution < -0.4 is 5.32 Å². The van der Waals surface area contributed by atoms with Crippen molar-refractivity contribution in [2.75, 3.05) is 17.3 Å². The van der Waals surface area contributed by atoms with Crippen LogP contribution in [0.1, 0.15) is 5.56 Å². The van der Waals surface area contributed by atoms with Crippen LogP contribution in [0.2, 0.25) is 0 Å². The van der Waals surface area contributed by atoms with Gasteiger partial charge in [0.25, 0.3) is 0 Å².